The molecule has 3 rings (SSSR count). The average Bonchev–Trinajstić information content (AvgIpc) is 2.68. The molecule has 0 amide bonds. The van der Waals surface area contributed by atoms with Gasteiger partial charge in [-0.1, -0.05) is 25.0 Å². The van der Waals surface area contributed by atoms with E-state index >= 15 is 0 Å². The number of hydrogen-bond acceptors (Lipinski definition) is 1. The summed E-state index contributed by atoms with van der Waals surface area (Å²) in [4.78, 5) is 0. The van der Waals surface area contributed by atoms with Gasteiger partial charge in [-0.15, -0.1) is 0 Å². The van der Waals surface area contributed by atoms with Crippen LogP contribution in [-0.4, -0.2) is 0 Å². The molecule has 0 aromatic heterocycles. The molecule has 1 aromatic carbocycles. The molecule has 140 valence electrons. The van der Waals surface area contributed by atoms with Gasteiger partial charge in [-0.2, -0.15) is 5.26 Å². The predicted octanol–water partition coefficient (Wildman–Crippen LogP) is 7.04. The third-order valence-electron chi connectivity index (χ3n) is 6.65. The van der Waals surface area contributed by atoms with Crippen LogP contribution in [0.25, 0.3) is 0 Å². The van der Waals surface area contributed by atoms with Crippen LogP contribution >= 0.6 is 0 Å². The van der Waals surface area contributed by atoms with Crippen LogP contribution in [0.3, 0.4) is 0 Å². The molecule has 0 radical (unpaired) electrons. The molecule has 1 nitrogen and oxygen atoms in total. The second kappa shape index (κ2) is 9.31. The minimum Gasteiger partial charge on any atom is -0.216 e. The molecular formula is C23H29F2N. The second-order valence-corrected chi connectivity index (χ2v) is 8.25. The quantitative estimate of drug-likeness (QED) is 0.554. The van der Waals surface area contributed by atoms with Crippen molar-refractivity contribution < 1.29 is 8.78 Å². The van der Waals surface area contributed by atoms with Gasteiger partial charge in [0.05, 0.1) is 11.9 Å². The van der Waals surface area contributed by atoms with Gasteiger partial charge < -0.3 is 0 Å². The summed E-state index contributed by atoms with van der Waals surface area (Å²) >= 11 is 0. The van der Waals surface area contributed by atoms with E-state index in [1.54, 1.807) is 18.2 Å². The number of nitrogens with zero attached hydrogens (tertiary/aromatic N) is 1. The Bertz CT molecular complexity index is 645. The Morgan fingerprint density at radius 3 is 2.12 bits per heavy atom. The van der Waals surface area contributed by atoms with Gasteiger partial charge in [0.15, 0.2) is 0 Å². The van der Waals surface area contributed by atoms with Crippen LogP contribution < -0.4 is 0 Å². The summed E-state index contributed by atoms with van der Waals surface area (Å²) in [7, 11) is 0. The maximum absolute atomic E-state index is 13.8. The number of nitriles is 1. The van der Waals surface area contributed by atoms with E-state index in [2.05, 4.69) is 0 Å². The van der Waals surface area contributed by atoms with Crippen molar-refractivity contribution in [3.63, 3.8) is 0 Å². The Morgan fingerprint density at radius 2 is 1.58 bits per heavy atom. The molecule has 26 heavy (non-hydrogen) atoms. The van der Waals surface area contributed by atoms with Gasteiger partial charge >= 0.3 is 0 Å². The van der Waals surface area contributed by atoms with Crippen LogP contribution in [0.2, 0.25) is 0 Å². The van der Waals surface area contributed by atoms with Crippen LogP contribution in [0.15, 0.2) is 30.6 Å². The highest BCUT2D eigenvalue weighted by Crippen LogP contribution is 2.40. The molecule has 0 saturated heterocycles. The Morgan fingerprint density at radius 1 is 0.962 bits per heavy atom. The molecule has 3 heteroatoms. The summed E-state index contributed by atoms with van der Waals surface area (Å²) in [5.74, 6) is 2.14. The summed E-state index contributed by atoms with van der Waals surface area (Å²) in [5, 5.41) is 8.85. The highest BCUT2D eigenvalue weighted by Gasteiger charge is 2.25. The van der Waals surface area contributed by atoms with Gasteiger partial charge in [-0.3, -0.25) is 0 Å². The minimum atomic E-state index is -0.384. The summed E-state index contributed by atoms with van der Waals surface area (Å²) in [5.41, 5.74) is 1.19. The molecule has 0 heterocycles. The zero-order chi connectivity index (χ0) is 18.4. The minimum absolute atomic E-state index is 0.138. The molecular weight excluding hydrogens is 328 g/mol. The van der Waals surface area contributed by atoms with Crippen molar-refractivity contribution in [1.29, 1.82) is 5.26 Å². The topological polar surface area (TPSA) is 23.8 Å². The maximum atomic E-state index is 13.8. The molecule has 1 aromatic rings. The lowest BCUT2D eigenvalue weighted by molar-refractivity contribution is 0.245. The van der Waals surface area contributed by atoms with Crippen LogP contribution in [0.1, 0.15) is 81.3 Å². The van der Waals surface area contributed by atoms with Crippen molar-refractivity contribution in [3.05, 3.63) is 47.5 Å². The molecule has 0 N–H and O–H groups in total. The Balaban J connectivity index is 1.40. The van der Waals surface area contributed by atoms with Crippen molar-refractivity contribution in [1.82, 2.24) is 0 Å². The van der Waals surface area contributed by atoms with E-state index in [1.165, 1.54) is 38.5 Å². The molecule has 2 aliphatic carbocycles. The summed E-state index contributed by atoms with van der Waals surface area (Å²) in [6.07, 6.45) is 14.5. The molecule has 0 bridgehead atoms. The Kier molecular flexibility index (Phi) is 6.83. The fourth-order valence-corrected chi connectivity index (χ4v) is 4.90. The summed E-state index contributed by atoms with van der Waals surface area (Å²) in [6.45, 7) is 0. The van der Waals surface area contributed by atoms with E-state index in [9.17, 15) is 8.78 Å². The lowest BCUT2D eigenvalue weighted by atomic mass is 9.74. The number of rotatable bonds is 5. The van der Waals surface area contributed by atoms with Gasteiger partial charge in [-0.25, -0.2) is 8.78 Å². The smallest absolute Gasteiger partial charge is 0.141 e. The summed E-state index contributed by atoms with van der Waals surface area (Å²) < 4.78 is 26.1. The zero-order valence-electron chi connectivity index (χ0n) is 15.5. The Labute approximate surface area is 156 Å². The van der Waals surface area contributed by atoms with Crippen molar-refractivity contribution >= 4 is 0 Å². The largest absolute Gasteiger partial charge is 0.216 e. The van der Waals surface area contributed by atoms with E-state index < -0.39 is 0 Å². The summed E-state index contributed by atoms with van der Waals surface area (Å²) in [6, 6.07) is 7.00. The van der Waals surface area contributed by atoms with E-state index in [1.807, 2.05) is 12.1 Å². The highest BCUT2D eigenvalue weighted by molar-refractivity contribution is 5.34. The third kappa shape index (κ3) is 4.93. The first-order valence-corrected chi connectivity index (χ1v) is 10.2. The number of halogens is 2. The van der Waals surface area contributed by atoms with E-state index in [0.717, 1.165) is 43.1 Å². The van der Waals surface area contributed by atoms with Crippen LogP contribution in [0, 0.1) is 34.9 Å². The molecule has 2 saturated carbocycles. The molecule has 0 aliphatic heterocycles. The van der Waals surface area contributed by atoms with Crippen molar-refractivity contribution in [2.75, 3.05) is 0 Å². The van der Waals surface area contributed by atoms with Crippen molar-refractivity contribution in [2.45, 2.75) is 70.1 Å². The van der Waals surface area contributed by atoms with Crippen molar-refractivity contribution in [3.8, 4) is 6.07 Å². The fraction of sp³-hybridized carbons (Fsp3) is 0.609. The van der Waals surface area contributed by atoms with E-state index in [4.69, 9.17) is 5.26 Å². The van der Waals surface area contributed by atoms with Gasteiger partial charge in [0.2, 0.25) is 0 Å². The predicted molar refractivity (Wildman–Crippen MR) is 101 cm³/mol. The van der Waals surface area contributed by atoms with Gasteiger partial charge in [0.25, 0.3) is 0 Å². The van der Waals surface area contributed by atoms with E-state index in [-0.39, 0.29) is 11.4 Å². The first-order chi connectivity index (χ1) is 12.7. The van der Waals surface area contributed by atoms with Crippen LogP contribution in [0.5, 0.6) is 0 Å². The van der Waals surface area contributed by atoms with Gasteiger partial charge in [-0.05, 0) is 92.7 Å². The first-order valence-electron chi connectivity index (χ1n) is 10.2. The second-order valence-electron chi connectivity index (χ2n) is 8.25. The molecule has 2 fully saturated rings. The van der Waals surface area contributed by atoms with Crippen LogP contribution in [-0.2, 0) is 0 Å². The molecule has 0 spiro atoms. The molecule has 0 atom stereocenters. The number of benzene rings is 1. The number of allylic oxidation sites excluding steroid dienone is 1. The first kappa shape index (κ1) is 19.1. The highest BCUT2D eigenvalue weighted by atomic mass is 19.1. The standard InChI is InChI=1S/C23H29F2N/c24-14-13-19-5-3-17(4-6-19)1-2-18-7-9-20(10-8-18)21-11-12-22(16-26)23(25)15-21/h11-15,17-20H,1-10H2/t17-,18-,19-,20-. The zero-order valence-corrected chi connectivity index (χ0v) is 15.5. The third-order valence-corrected chi connectivity index (χ3v) is 6.65. The fourth-order valence-electron chi connectivity index (χ4n) is 4.90. The lowest BCUT2D eigenvalue weighted by Crippen LogP contribution is -2.17. The average molecular weight is 357 g/mol. The van der Waals surface area contributed by atoms with Crippen molar-refractivity contribution in [2.24, 2.45) is 17.8 Å². The van der Waals surface area contributed by atoms with Gasteiger partial charge in [0, 0.05) is 0 Å². The maximum Gasteiger partial charge on any atom is 0.141 e. The van der Waals surface area contributed by atoms with Gasteiger partial charge in [0.1, 0.15) is 11.9 Å². The van der Waals surface area contributed by atoms with Crippen LogP contribution in [0.4, 0.5) is 8.78 Å². The molecule has 0 unspecified atom stereocenters. The SMILES string of the molecule is N#Cc1ccc([C@H]2CC[C@H](CC[C@H]3CC[C@H](C=CF)CC3)CC2)cc1F. The number of hydrogen-bond donors (Lipinski definition) is 0. The van der Waals surface area contributed by atoms with E-state index in [0.29, 0.717) is 18.2 Å². The Hall–Kier alpha value is -1.69. The molecule has 2 aliphatic rings. The lowest BCUT2D eigenvalue weighted by Gasteiger charge is -2.31. The normalized spacial score (nSPS) is 29.6. The monoisotopic (exact) mass is 357 g/mol.